The minimum atomic E-state index is -4.22. The van der Waals surface area contributed by atoms with Gasteiger partial charge in [-0.25, -0.2) is 14.5 Å². The summed E-state index contributed by atoms with van der Waals surface area (Å²) in [5, 5.41) is 5.32. The summed E-state index contributed by atoms with van der Waals surface area (Å²) in [6.07, 6.45) is -2.44. The molecule has 1 saturated heterocycles. The molecule has 1 aliphatic heterocycles. The molecule has 208 valence electrons. The van der Waals surface area contributed by atoms with Crippen LogP contribution in [0.1, 0.15) is 59.3 Å². The molecule has 0 aromatic carbocycles. The molecular formula is C24H43F3N4O4Si. The molecule has 0 aromatic heterocycles. The number of halogens is 3. The largest absolute Gasteiger partial charge is 0.389 e. The van der Waals surface area contributed by atoms with E-state index < -0.39 is 32.2 Å². The van der Waals surface area contributed by atoms with E-state index >= 15 is 0 Å². The molecule has 5 amide bonds. The Balaban J connectivity index is 1.83. The van der Waals surface area contributed by atoms with Gasteiger partial charge in [0.25, 0.3) is 5.91 Å². The summed E-state index contributed by atoms with van der Waals surface area (Å²) in [6.45, 7) is 13.2. The second-order valence-electron chi connectivity index (χ2n) is 12.2. The first kappa shape index (κ1) is 30.4. The van der Waals surface area contributed by atoms with Gasteiger partial charge in [-0.3, -0.25) is 4.79 Å². The first-order valence-corrected chi connectivity index (χ1v) is 16.5. The van der Waals surface area contributed by atoms with Crippen molar-refractivity contribution in [1.29, 1.82) is 0 Å². The Morgan fingerprint density at radius 1 is 1.14 bits per heavy atom. The molecule has 12 heteroatoms. The van der Waals surface area contributed by atoms with E-state index in [1.165, 1.54) is 4.90 Å². The normalized spacial score (nSPS) is 24.9. The average molecular weight is 537 g/mol. The van der Waals surface area contributed by atoms with Crippen molar-refractivity contribution in [2.24, 2.45) is 5.41 Å². The van der Waals surface area contributed by atoms with Crippen LogP contribution in [-0.2, 0) is 9.53 Å². The van der Waals surface area contributed by atoms with Crippen molar-refractivity contribution < 1.29 is 32.3 Å². The van der Waals surface area contributed by atoms with Crippen LogP contribution in [0.3, 0.4) is 0 Å². The minimum Gasteiger partial charge on any atom is -0.361 e. The average Bonchev–Trinajstić information content (AvgIpc) is 2.89. The van der Waals surface area contributed by atoms with Crippen LogP contribution in [0.15, 0.2) is 0 Å². The van der Waals surface area contributed by atoms with Crippen LogP contribution >= 0.6 is 0 Å². The lowest BCUT2D eigenvalue weighted by molar-refractivity contribution is -0.136. The number of carbonyl (C=O) groups excluding carboxylic acids is 3. The van der Waals surface area contributed by atoms with Crippen LogP contribution < -0.4 is 10.6 Å². The Kier molecular flexibility index (Phi) is 9.88. The van der Waals surface area contributed by atoms with Gasteiger partial charge in [0.2, 0.25) is 0 Å². The predicted molar refractivity (Wildman–Crippen MR) is 134 cm³/mol. The number of imide groups is 1. The Hall–Kier alpha value is -1.82. The van der Waals surface area contributed by atoms with Crippen LogP contribution in [0.4, 0.5) is 22.8 Å². The van der Waals surface area contributed by atoms with E-state index in [0.717, 1.165) is 18.9 Å². The topological polar surface area (TPSA) is 91.0 Å². The molecule has 2 N–H and O–H groups in total. The highest BCUT2D eigenvalue weighted by molar-refractivity contribution is 6.76. The number of amides is 5. The summed E-state index contributed by atoms with van der Waals surface area (Å²) in [7, 11) is -1.28. The summed E-state index contributed by atoms with van der Waals surface area (Å²) < 4.78 is 42.3. The van der Waals surface area contributed by atoms with Crippen LogP contribution in [0, 0.1) is 5.41 Å². The van der Waals surface area contributed by atoms with Crippen LogP contribution in [0.5, 0.6) is 0 Å². The summed E-state index contributed by atoms with van der Waals surface area (Å²) >= 11 is 0. The van der Waals surface area contributed by atoms with E-state index in [9.17, 15) is 27.6 Å². The lowest BCUT2D eigenvalue weighted by Gasteiger charge is -2.42. The zero-order valence-corrected chi connectivity index (χ0v) is 23.5. The molecule has 8 nitrogen and oxygen atoms in total. The molecule has 1 heterocycles. The van der Waals surface area contributed by atoms with Gasteiger partial charge in [-0.05, 0) is 57.4 Å². The number of rotatable bonds is 11. The highest BCUT2D eigenvalue weighted by Crippen LogP contribution is 2.40. The summed E-state index contributed by atoms with van der Waals surface area (Å²) in [6, 6.07) is 0.0745. The van der Waals surface area contributed by atoms with Crippen molar-refractivity contribution in [3.8, 4) is 0 Å². The molecule has 2 rings (SSSR count). The maximum Gasteiger partial charge on any atom is 0.389 e. The van der Waals surface area contributed by atoms with E-state index in [4.69, 9.17) is 4.74 Å². The fourth-order valence-corrected chi connectivity index (χ4v) is 5.31. The van der Waals surface area contributed by atoms with Gasteiger partial charge in [0.1, 0.15) is 12.3 Å². The first-order chi connectivity index (χ1) is 16.4. The number of alkyl halides is 3. The zero-order chi connectivity index (χ0) is 27.4. The van der Waals surface area contributed by atoms with Crippen LogP contribution in [-0.4, -0.2) is 80.0 Å². The predicted octanol–water partition coefficient (Wildman–Crippen LogP) is 4.93. The van der Waals surface area contributed by atoms with E-state index in [2.05, 4.69) is 37.2 Å². The number of urea groups is 2. The smallest absolute Gasteiger partial charge is 0.361 e. The van der Waals surface area contributed by atoms with Gasteiger partial charge in [-0.1, -0.05) is 26.6 Å². The van der Waals surface area contributed by atoms with Gasteiger partial charge in [0, 0.05) is 40.2 Å². The SMILES string of the molecule is CC1(CN2C(=O)N(COCC[Si](C)(C)C)C(=O)C2(C)C)CCC(NC(=O)NCCCC(F)(F)F)CC1. The van der Waals surface area contributed by atoms with Crippen molar-refractivity contribution in [3.05, 3.63) is 0 Å². The lowest BCUT2D eigenvalue weighted by atomic mass is 9.73. The number of nitrogens with zero attached hydrogens (tertiary/aromatic N) is 2. The number of carbonyl (C=O) groups is 3. The van der Waals surface area contributed by atoms with Crippen molar-refractivity contribution in [2.75, 3.05) is 26.4 Å². The first-order valence-electron chi connectivity index (χ1n) is 12.8. The summed E-state index contributed by atoms with van der Waals surface area (Å²) in [4.78, 5) is 41.0. The molecule has 0 radical (unpaired) electrons. The number of hydrogen-bond donors (Lipinski definition) is 2. The van der Waals surface area contributed by atoms with Crippen molar-refractivity contribution >= 4 is 26.0 Å². The van der Waals surface area contributed by atoms with E-state index in [1.807, 2.05) is 0 Å². The molecule has 2 aliphatic rings. The van der Waals surface area contributed by atoms with E-state index in [0.29, 0.717) is 26.0 Å². The van der Waals surface area contributed by atoms with Crippen molar-refractivity contribution in [1.82, 2.24) is 20.4 Å². The third-order valence-electron chi connectivity index (χ3n) is 7.11. The minimum absolute atomic E-state index is 0.0334. The Bertz CT molecular complexity index is 793. The number of nitrogens with one attached hydrogen (secondary N) is 2. The van der Waals surface area contributed by atoms with E-state index in [-0.39, 0.29) is 43.1 Å². The number of ether oxygens (including phenoxy) is 1. The maximum absolute atomic E-state index is 13.2. The fourth-order valence-electron chi connectivity index (χ4n) is 4.56. The highest BCUT2D eigenvalue weighted by atomic mass is 28.3. The summed E-state index contributed by atoms with van der Waals surface area (Å²) in [5.41, 5.74) is -1.18. The molecule has 1 saturated carbocycles. The van der Waals surface area contributed by atoms with Crippen molar-refractivity contribution in [2.45, 2.75) is 103 Å². The molecule has 2 fully saturated rings. The van der Waals surface area contributed by atoms with Crippen LogP contribution in [0.25, 0.3) is 0 Å². The van der Waals surface area contributed by atoms with Crippen molar-refractivity contribution in [3.63, 3.8) is 0 Å². The second-order valence-corrected chi connectivity index (χ2v) is 17.8. The second kappa shape index (κ2) is 11.7. The molecular weight excluding hydrogens is 493 g/mol. The molecule has 0 bridgehead atoms. The van der Waals surface area contributed by atoms with Gasteiger partial charge in [0.05, 0.1) is 0 Å². The molecule has 0 spiro atoms. The van der Waals surface area contributed by atoms with Gasteiger partial charge in [-0.2, -0.15) is 13.2 Å². The van der Waals surface area contributed by atoms with Gasteiger partial charge in [-0.15, -0.1) is 0 Å². The number of hydrogen-bond acceptors (Lipinski definition) is 4. The van der Waals surface area contributed by atoms with Gasteiger partial charge < -0.3 is 20.3 Å². The monoisotopic (exact) mass is 536 g/mol. The molecule has 0 atom stereocenters. The fraction of sp³-hybridized carbons (Fsp3) is 0.875. The maximum atomic E-state index is 13.2. The van der Waals surface area contributed by atoms with Gasteiger partial charge in [0.15, 0.2) is 0 Å². The highest BCUT2D eigenvalue weighted by Gasteiger charge is 2.53. The quantitative estimate of drug-likeness (QED) is 0.223. The van der Waals surface area contributed by atoms with Gasteiger partial charge >= 0.3 is 18.2 Å². The molecule has 1 aliphatic carbocycles. The Labute approximate surface area is 213 Å². The third-order valence-corrected chi connectivity index (χ3v) is 8.82. The third kappa shape index (κ3) is 8.93. The Morgan fingerprint density at radius 3 is 2.31 bits per heavy atom. The van der Waals surface area contributed by atoms with Crippen LogP contribution in [0.2, 0.25) is 25.7 Å². The Morgan fingerprint density at radius 2 is 1.75 bits per heavy atom. The van der Waals surface area contributed by atoms with E-state index in [1.54, 1.807) is 18.7 Å². The molecule has 0 aromatic rings. The zero-order valence-electron chi connectivity index (χ0n) is 22.5. The molecule has 0 unspecified atom stereocenters. The summed E-state index contributed by atoms with van der Waals surface area (Å²) in [5.74, 6) is -0.262. The molecule has 36 heavy (non-hydrogen) atoms. The standard InChI is InChI=1S/C24H43F3N4O4Si/c1-22(2)19(32)30(17-35-14-15-36(4,5)6)21(34)31(22)16-23(3)11-8-18(9-12-23)29-20(33)28-13-7-10-24(25,26)27/h18H,7-17H2,1-6H3,(H2,28,29,33). The lowest BCUT2D eigenvalue weighted by Crippen LogP contribution is -2.51.